The molecule has 1 amide bonds. The van der Waals surface area contributed by atoms with Crippen LogP contribution < -0.4 is 0 Å². The van der Waals surface area contributed by atoms with Gasteiger partial charge < -0.3 is 10.0 Å². The van der Waals surface area contributed by atoms with Crippen molar-refractivity contribution in [3.63, 3.8) is 0 Å². The van der Waals surface area contributed by atoms with Gasteiger partial charge in [0.2, 0.25) is 5.91 Å². The van der Waals surface area contributed by atoms with Gasteiger partial charge in [-0.15, -0.1) is 0 Å². The highest BCUT2D eigenvalue weighted by Crippen LogP contribution is 2.27. The van der Waals surface area contributed by atoms with Crippen molar-refractivity contribution in [1.82, 2.24) is 4.90 Å². The zero-order valence-corrected chi connectivity index (χ0v) is 12.3. The molecule has 1 rings (SSSR count). The average Bonchev–Trinajstić information content (AvgIpc) is 2.99. The Hall–Kier alpha value is -1.11. The van der Waals surface area contributed by atoms with Crippen molar-refractivity contribution in [3.05, 3.63) is 0 Å². The molecule has 7 heteroatoms. The van der Waals surface area contributed by atoms with E-state index in [0.29, 0.717) is 6.54 Å². The van der Waals surface area contributed by atoms with Crippen LogP contribution in [0.4, 0.5) is 0 Å². The van der Waals surface area contributed by atoms with Gasteiger partial charge in [0.15, 0.2) is 15.1 Å². The number of rotatable bonds is 7. The van der Waals surface area contributed by atoms with Crippen molar-refractivity contribution in [2.45, 2.75) is 44.9 Å². The van der Waals surface area contributed by atoms with Crippen LogP contribution in [0.3, 0.4) is 0 Å². The van der Waals surface area contributed by atoms with Crippen LogP contribution in [0.1, 0.15) is 33.6 Å². The highest BCUT2D eigenvalue weighted by molar-refractivity contribution is 7.93. The maximum atomic E-state index is 12.1. The molecule has 0 aliphatic heterocycles. The van der Waals surface area contributed by atoms with Crippen LogP contribution in [-0.2, 0) is 19.4 Å². The molecular formula is C12H21NO5S. The fourth-order valence-electron chi connectivity index (χ4n) is 2.22. The second kappa shape index (κ2) is 5.90. The van der Waals surface area contributed by atoms with Gasteiger partial charge >= 0.3 is 5.97 Å². The SMILES string of the molecule is CCN(C(=O)CS(=O)(=O)C(C(=O)O)C(C)C)C1CC1. The lowest BCUT2D eigenvalue weighted by molar-refractivity contribution is -0.137. The highest BCUT2D eigenvalue weighted by Gasteiger charge is 2.39. The molecule has 6 nitrogen and oxygen atoms in total. The Balaban J connectivity index is 2.83. The first-order valence-electron chi connectivity index (χ1n) is 6.44. The minimum atomic E-state index is -3.97. The predicted octanol–water partition coefficient (Wildman–Crippen LogP) is 0.521. The van der Waals surface area contributed by atoms with Crippen LogP contribution in [0, 0.1) is 5.92 Å². The molecule has 1 aliphatic rings. The Morgan fingerprint density at radius 3 is 2.16 bits per heavy atom. The molecule has 1 unspecified atom stereocenters. The third-order valence-electron chi connectivity index (χ3n) is 3.21. The number of nitrogens with zero attached hydrogens (tertiary/aromatic N) is 1. The predicted molar refractivity (Wildman–Crippen MR) is 70.5 cm³/mol. The zero-order chi connectivity index (χ0) is 14.8. The van der Waals surface area contributed by atoms with Crippen LogP contribution in [0.2, 0.25) is 0 Å². The Labute approximate surface area is 113 Å². The number of aliphatic carboxylic acids is 1. The fourth-order valence-corrected chi connectivity index (χ4v) is 4.05. The van der Waals surface area contributed by atoms with E-state index in [9.17, 15) is 18.0 Å². The molecule has 0 heterocycles. The van der Waals surface area contributed by atoms with Crippen molar-refractivity contribution in [2.24, 2.45) is 5.92 Å². The van der Waals surface area contributed by atoms with E-state index < -0.39 is 38.6 Å². The first kappa shape index (κ1) is 15.9. The van der Waals surface area contributed by atoms with E-state index in [1.165, 1.54) is 18.7 Å². The molecule has 1 N–H and O–H groups in total. The molecule has 0 aromatic rings. The van der Waals surface area contributed by atoms with Gasteiger partial charge in [0.05, 0.1) is 0 Å². The topological polar surface area (TPSA) is 91.8 Å². The lowest BCUT2D eigenvalue weighted by atomic mass is 10.1. The van der Waals surface area contributed by atoms with Gasteiger partial charge in [0.25, 0.3) is 0 Å². The zero-order valence-electron chi connectivity index (χ0n) is 11.5. The maximum Gasteiger partial charge on any atom is 0.322 e. The van der Waals surface area contributed by atoms with Gasteiger partial charge in [-0.3, -0.25) is 9.59 Å². The Morgan fingerprint density at radius 1 is 1.32 bits per heavy atom. The molecule has 1 saturated carbocycles. The molecule has 0 saturated heterocycles. The number of carboxylic acid groups (broad SMARTS) is 1. The van der Waals surface area contributed by atoms with Crippen molar-refractivity contribution < 1.29 is 23.1 Å². The summed E-state index contributed by atoms with van der Waals surface area (Å²) in [6, 6.07) is 0.134. The quantitative estimate of drug-likeness (QED) is 0.738. The number of hydrogen-bond donors (Lipinski definition) is 1. The van der Waals surface area contributed by atoms with E-state index in [4.69, 9.17) is 5.11 Å². The molecule has 0 radical (unpaired) electrons. The summed E-state index contributed by atoms with van der Waals surface area (Å²) in [5, 5.41) is 7.49. The van der Waals surface area contributed by atoms with Crippen LogP contribution in [0.5, 0.6) is 0 Å². The summed E-state index contributed by atoms with van der Waals surface area (Å²) in [4.78, 5) is 24.6. The molecule has 0 bridgehead atoms. The van der Waals surface area contributed by atoms with Crippen molar-refractivity contribution in [2.75, 3.05) is 12.3 Å². The maximum absolute atomic E-state index is 12.1. The monoisotopic (exact) mass is 291 g/mol. The minimum absolute atomic E-state index is 0.134. The first-order valence-corrected chi connectivity index (χ1v) is 8.16. The van der Waals surface area contributed by atoms with E-state index >= 15 is 0 Å². The van der Waals surface area contributed by atoms with Crippen LogP contribution in [0.25, 0.3) is 0 Å². The Morgan fingerprint density at radius 2 is 1.84 bits per heavy atom. The van der Waals surface area contributed by atoms with E-state index in [-0.39, 0.29) is 6.04 Å². The second-order valence-electron chi connectivity index (χ2n) is 5.22. The standard InChI is InChI=1S/C12H21NO5S/c1-4-13(9-5-6-9)10(14)7-19(17,18)11(8(2)3)12(15)16/h8-9,11H,4-7H2,1-3H3,(H,15,16). The first-order chi connectivity index (χ1) is 8.70. The van der Waals surface area contributed by atoms with Gasteiger partial charge in [-0.05, 0) is 25.7 Å². The molecule has 110 valence electrons. The van der Waals surface area contributed by atoms with Crippen molar-refractivity contribution in [1.29, 1.82) is 0 Å². The summed E-state index contributed by atoms with van der Waals surface area (Å²) < 4.78 is 24.1. The summed E-state index contributed by atoms with van der Waals surface area (Å²) in [6.45, 7) is 5.30. The second-order valence-corrected chi connectivity index (χ2v) is 7.34. The normalized spacial score (nSPS) is 17.3. The number of carbonyl (C=O) groups excluding carboxylic acids is 1. The molecule has 0 spiro atoms. The molecule has 19 heavy (non-hydrogen) atoms. The lowest BCUT2D eigenvalue weighted by Crippen LogP contribution is -2.43. The number of amides is 1. The van der Waals surface area contributed by atoms with Crippen molar-refractivity contribution in [3.8, 4) is 0 Å². The van der Waals surface area contributed by atoms with Gasteiger partial charge in [-0.2, -0.15) is 0 Å². The Bertz CT molecular complexity index is 453. The van der Waals surface area contributed by atoms with Gasteiger partial charge in [-0.1, -0.05) is 13.8 Å². The smallest absolute Gasteiger partial charge is 0.322 e. The summed E-state index contributed by atoms with van der Waals surface area (Å²) >= 11 is 0. The fraction of sp³-hybridized carbons (Fsp3) is 0.833. The Kier molecular flexibility index (Phi) is 4.95. The number of carbonyl (C=O) groups is 2. The van der Waals surface area contributed by atoms with Gasteiger partial charge in [0, 0.05) is 12.6 Å². The molecule has 1 atom stereocenters. The van der Waals surface area contributed by atoms with Crippen molar-refractivity contribution >= 4 is 21.7 Å². The number of sulfone groups is 1. The molecular weight excluding hydrogens is 270 g/mol. The molecule has 1 fully saturated rings. The third-order valence-corrected chi connectivity index (χ3v) is 5.38. The summed E-state index contributed by atoms with van der Waals surface area (Å²) in [7, 11) is -3.97. The van der Waals surface area contributed by atoms with Gasteiger partial charge in [0.1, 0.15) is 5.75 Å². The van der Waals surface area contributed by atoms with Gasteiger partial charge in [-0.25, -0.2) is 8.42 Å². The lowest BCUT2D eigenvalue weighted by Gasteiger charge is -2.22. The minimum Gasteiger partial charge on any atom is -0.480 e. The highest BCUT2D eigenvalue weighted by atomic mass is 32.2. The molecule has 0 aromatic heterocycles. The van der Waals surface area contributed by atoms with Crippen LogP contribution in [-0.4, -0.2) is 53.9 Å². The number of carboxylic acids is 1. The number of hydrogen-bond acceptors (Lipinski definition) is 4. The molecule has 1 aliphatic carbocycles. The third kappa shape index (κ3) is 3.92. The largest absolute Gasteiger partial charge is 0.480 e. The van der Waals surface area contributed by atoms with E-state index in [2.05, 4.69) is 0 Å². The molecule has 0 aromatic carbocycles. The van der Waals surface area contributed by atoms with E-state index in [1.807, 2.05) is 0 Å². The summed E-state index contributed by atoms with van der Waals surface area (Å²) in [5.74, 6) is -3.16. The van der Waals surface area contributed by atoms with Crippen LogP contribution in [0.15, 0.2) is 0 Å². The van der Waals surface area contributed by atoms with E-state index in [1.54, 1.807) is 6.92 Å². The summed E-state index contributed by atoms with van der Waals surface area (Å²) in [5.41, 5.74) is 0. The van der Waals surface area contributed by atoms with Crippen LogP contribution >= 0.6 is 0 Å². The summed E-state index contributed by atoms with van der Waals surface area (Å²) in [6.07, 6.45) is 1.79. The van der Waals surface area contributed by atoms with E-state index in [0.717, 1.165) is 12.8 Å². The average molecular weight is 291 g/mol.